The summed E-state index contributed by atoms with van der Waals surface area (Å²) >= 11 is 0. The fourth-order valence-electron chi connectivity index (χ4n) is 1.77. The number of ether oxygens (including phenoxy) is 1. The van der Waals surface area contributed by atoms with E-state index in [0.717, 1.165) is 11.4 Å². The SMILES string of the molecule is COc1cccc(NC(C#N)c2cccc(O)c2)c1. The van der Waals surface area contributed by atoms with Crippen molar-refractivity contribution >= 4 is 5.69 Å². The summed E-state index contributed by atoms with van der Waals surface area (Å²) in [5.41, 5.74) is 1.50. The summed E-state index contributed by atoms with van der Waals surface area (Å²) in [5.74, 6) is 0.864. The lowest BCUT2D eigenvalue weighted by atomic mass is 10.1. The second kappa shape index (κ2) is 5.78. The number of rotatable bonds is 4. The van der Waals surface area contributed by atoms with Crippen molar-refractivity contribution in [2.75, 3.05) is 12.4 Å². The van der Waals surface area contributed by atoms with E-state index < -0.39 is 6.04 Å². The van der Waals surface area contributed by atoms with E-state index in [4.69, 9.17) is 4.74 Å². The number of phenolic OH excluding ortho intramolecular Hbond substituents is 1. The third-order valence-electron chi connectivity index (χ3n) is 2.71. The van der Waals surface area contributed by atoms with Crippen LogP contribution in [0.4, 0.5) is 5.69 Å². The van der Waals surface area contributed by atoms with Crippen molar-refractivity contribution in [3.8, 4) is 17.6 Å². The fourth-order valence-corrected chi connectivity index (χ4v) is 1.77. The maximum atomic E-state index is 9.45. The zero-order chi connectivity index (χ0) is 13.7. The summed E-state index contributed by atoms with van der Waals surface area (Å²) in [4.78, 5) is 0. The van der Waals surface area contributed by atoms with Crippen molar-refractivity contribution < 1.29 is 9.84 Å². The van der Waals surface area contributed by atoms with E-state index in [9.17, 15) is 10.4 Å². The summed E-state index contributed by atoms with van der Waals surface area (Å²) in [5, 5.41) is 21.8. The Bertz CT molecular complexity index is 605. The van der Waals surface area contributed by atoms with Gasteiger partial charge in [0.1, 0.15) is 17.5 Å². The monoisotopic (exact) mass is 254 g/mol. The predicted molar refractivity (Wildman–Crippen MR) is 73.1 cm³/mol. The number of anilines is 1. The minimum atomic E-state index is -0.529. The number of benzene rings is 2. The zero-order valence-electron chi connectivity index (χ0n) is 10.5. The first-order valence-corrected chi connectivity index (χ1v) is 5.82. The van der Waals surface area contributed by atoms with E-state index >= 15 is 0 Å². The Labute approximate surface area is 111 Å². The molecular formula is C15H14N2O2. The smallest absolute Gasteiger partial charge is 0.140 e. The van der Waals surface area contributed by atoms with Gasteiger partial charge in [0.05, 0.1) is 13.2 Å². The Morgan fingerprint density at radius 3 is 2.68 bits per heavy atom. The van der Waals surface area contributed by atoms with Gasteiger partial charge >= 0.3 is 0 Å². The number of nitrogens with one attached hydrogen (secondary N) is 1. The third-order valence-corrected chi connectivity index (χ3v) is 2.71. The maximum Gasteiger partial charge on any atom is 0.140 e. The van der Waals surface area contributed by atoms with Crippen LogP contribution < -0.4 is 10.1 Å². The predicted octanol–water partition coefficient (Wildman–Crippen LogP) is 3.08. The van der Waals surface area contributed by atoms with Gasteiger partial charge < -0.3 is 15.2 Å². The van der Waals surface area contributed by atoms with E-state index in [1.165, 1.54) is 0 Å². The molecule has 0 saturated carbocycles. The molecule has 0 saturated heterocycles. The highest BCUT2D eigenvalue weighted by Crippen LogP contribution is 2.24. The Hall–Kier alpha value is -2.67. The number of nitrogens with zero attached hydrogens (tertiary/aromatic N) is 1. The molecular weight excluding hydrogens is 240 g/mol. The minimum absolute atomic E-state index is 0.144. The number of phenols is 1. The number of nitriles is 1. The van der Waals surface area contributed by atoms with Gasteiger partial charge in [-0.15, -0.1) is 0 Å². The lowest BCUT2D eigenvalue weighted by molar-refractivity contribution is 0.415. The lowest BCUT2D eigenvalue weighted by Gasteiger charge is -2.14. The first-order chi connectivity index (χ1) is 9.22. The number of methoxy groups -OCH3 is 1. The second-order valence-corrected chi connectivity index (χ2v) is 4.03. The molecule has 0 aromatic heterocycles. The molecule has 2 aromatic carbocycles. The summed E-state index contributed by atoms with van der Waals surface area (Å²) in [6, 6.07) is 15.6. The van der Waals surface area contributed by atoms with Crippen LogP contribution in [0.5, 0.6) is 11.5 Å². The molecule has 96 valence electrons. The van der Waals surface area contributed by atoms with Crippen molar-refractivity contribution in [2.45, 2.75) is 6.04 Å². The van der Waals surface area contributed by atoms with Gasteiger partial charge in [-0.25, -0.2) is 0 Å². The lowest BCUT2D eigenvalue weighted by Crippen LogP contribution is -2.08. The summed E-state index contributed by atoms with van der Waals surface area (Å²) < 4.78 is 5.13. The van der Waals surface area contributed by atoms with Gasteiger partial charge in [-0.05, 0) is 29.8 Å². The molecule has 4 nitrogen and oxygen atoms in total. The molecule has 2 rings (SSSR count). The first-order valence-electron chi connectivity index (χ1n) is 5.82. The molecule has 0 fully saturated rings. The quantitative estimate of drug-likeness (QED) is 0.880. The number of hydrogen-bond acceptors (Lipinski definition) is 4. The molecule has 0 aliphatic carbocycles. The Morgan fingerprint density at radius 1 is 1.21 bits per heavy atom. The van der Waals surface area contributed by atoms with Crippen LogP contribution in [0.3, 0.4) is 0 Å². The molecule has 2 aromatic rings. The molecule has 2 N–H and O–H groups in total. The van der Waals surface area contributed by atoms with Crippen LogP contribution >= 0.6 is 0 Å². The van der Waals surface area contributed by atoms with Gasteiger partial charge in [-0.3, -0.25) is 0 Å². The molecule has 0 radical (unpaired) electrons. The molecule has 1 atom stereocenters. The van der Waals surface area contributed by atoms with Crippen LogP contribution in [0.1, 0.15) is 11.6 Å². The topological polar surface area (TPSA) is 65.3 Å². The molecule has 0 aliphatic heterocycles. The van der Waals surface area contributed by atoms with Gasteiger partial charge in [-0.2, -0.15) is 5.26 Å². The van der Waals surface area contributed by atoms with Crippen molar-refractivity contribution in [3.63, 3.8) is 0 Å². The Morgan fingerprint density at radius 2 is 2.00 bits per heavy atom. The molecule has 0 heterocycles. The van der Waals surface area contributed by atoms with Gasteiger partial charge in [0.25, 0.3) is 0 Å². The van der Waals surface area contributed by atoms with Crippen molar-refractivity contribution in [2.24, 2.45) is 0 Å². The van der Waals surface area contributed by atoms with Crippen LogP contribution in [0, 0.1) is 11.3 Å². The zero-order valence-corrected chi connectivity index (χ0v) is 10.5. The van der Waals surface area contributed by atoms with E-state index in [1.54, 1.807) is 31.4 Å². The summed E-state index contributed by atoms with van der Waals surface area (Å²) in [6.45, 7) is 0. The summed E-state index contributed by atoms with van der Waals surface area (Å²) in [7, 11) is 1.59. The maximum absolute atomic E-state index is 9.45. The number of aromatic hydroxyl groups is 1. The van der Waals surface area contributed by atoms with Gasteiger partial charge in [0.15, 0.2) is 0 Å². The molecule has 0 bridgehead atoms. The fraction of sp³-hybridized carbons (Fsp3) is 0.133. The van der Waals surface area contributed by atoms with Crippen molar-refractivity contribution in [3.05, 3.63) is 54.1 Å². The van der Waals surface area contributed by atoms with Crippen LogP contribution in [0.25, 0.3) is 0 Å². The molecule has 0 amide bonds. The normalized spacial score (nSPS) is 11.4. The average Bonchev–Trinajstić information content (AvgIpc) is 2.45. The van der Waals surface area contributed by atoms with Crippen LogP contribution in [0.15, 0.2) is 48.5 Å². The highest BCUT2D eigenvalue weighted by molar-refractivity contribution is 5.51. The Balaban J connectivity index is 2.22. The second-order valence-electron chi connectivity index (χ2n) is 4.03. The Kier molecular flexibility index (Phi) is 3.89. The first kappa shape index (κ1) is 12.8. The van der Waals surface area contributed by atoms with Gasteiger partial charge in [-0.1, -0.05) is 18.2 Å². The van der Waals surface area contributed by atoms with E-state index in [-0.39, 0.29) is 5.75 Å². The van der Waals surface area contributed by atoms with Crippen LogP contribution in [-0.4, -0.2) is 12.2 Å². The van der Waals surface area contributed by atoms with Crippen molar-refractivity contribution in [1.29, 1.82) is 5.26 Å². The standard InChI is InChI=1S/C15H14N2O2/c1-19-14-7-3-5-12(9-14)17-15(10-16)11-4-2-6-13(18)8-11/h2-9,15,17-18H,1H3. The highest BCUT2D eigenvalue weighted by atomic mass is 16.5. The summed E-state index contributed by atoms with van der Waals surface area (Å²) in [6.07, 6.45) is 0. The van der Waals surface area contributed by atoms with E-state index in [0.29, 0.717) is 5.56 Å². The minimum Gasteiger partial charge on any atom is -0.508 e. The van der Waals surface area contributed by atoms with E-state index in [2.05, 4.69) is 11.4 Å². The van der Waals surface area contributed by atoms with Crippen molar-refractivity contribution in [1.82, 2.24) is 0 Å². The molecule has 4 heteroatoms. The van der Waals surface area contributed by atoms with Crippen LogP contribution in [0.2, 0.25) is 0 Å². The highest BCUT2D eigenvalue weighted by Gasteiger charge is 2.11. The molecule has 19 heavy (non-hydrogen) atoms. The van der Waals surface area contributed by atoms with E-state index in [1.807, 2.05) is 24.3 Å². The molecule has 0 spiro atoms. The molecule has 1 unspecified atom stereocenters. The third kappa shape index (κ3) is 3.17. The van der Waals surface area contributed by atoms with Gasteiger partial charge in [0, 0.05) is 11.8 Å². The molecule has 0 aliphatic rings. The number of hydrogen-bond donors (Lipinski definition) is 2. The largest absolute Gasteiger partial charge is 0.508 e. The average molecular weight is 254 g/mol. The van der Waals surface area contributed by atoms with Crippen LogP contribution in [-0.2, 0) is 0 Å². The van der Waals surface area contributed by atoms with Gasteiger partial charge in [0.2, 0.25) is 0 Å².